The Morgan fingerprint density at radius 3 is 2.61 bits per heavy atom. The van der Waals surface area contributed by atoms with Crippen molar-refractivity contribution in [3.05, 3.63) is 87.9 Å². The number of aromatic nitrogens is 1. The Morgan fingerprint density at radius 2 is 1.93 bits per heavy atom. The molecule has 0 aliphatic rings. The Balaban J connectivity index is 1.71. The number of nitro groups is 1. The lowest BCUT2D eigenvalue weighted by molar-refractivity contribution is -0.384. The zero-order valence-corrected chi connectivity index (χ0v) is 14.8. The molecular formula is C20H17N3O5. The normalized spacial score (nSPS) is 10.4. The van der Waals surface area contributed by atoms with E-state index in [-0.39, 0.29) is 17.9 Å². The lowest BCUT2D eigenvalue weighted by Crippen LogP contribution is -2.21. The van der Waals surface area contributed by atoms with Crippen molar-refractivity contribution in [2.24, 2.45) is 0 Å². The van der Waals surface area contributed by atoms with Gasteiger partial charge >= 0.3 is 0 Å². The van der Waals surface area contributed by atoms with Crippen LogP contribution in [0.1, 0.15) is 0 Å². The molecule has 3 aromatic rings. The molecular weight excluding hydrogens is 362 g/mol. The summed E-state index contributed by atoms with van der Waals surface area (Å²) in [5.41, 5.74) is 0.190. The van der Waals surface area contributed by atoms with E-state index in [4.69, 9.17) is 4.74 Å². The first-order chi connectivity index (χ1) is 13.5. The van der Waals surface area contributed by atoms with E-state index in [1.807, 2.05) is 0 Å². The second kappa shape index (κ2) is 8.17. The number of nitrogens with zero attached hydrogens (tertiary/aromatic N) is 2. The minimum Gasteiger partial charge on any atom is -0.483 e. The summed E-state index contributed by atoms with van der Waals surface area (Å²) in [6.45, 7) is 3.76. The second-order valence-corrected chi connectivity index (χ2v) is 5.92. The van der Waals surface area contributed by atoms with Gasteiger partial charge in [0.2, 0.25) is 0 Å². The van der Waals surface area contributed by atoms with Gasteiger partial charge in [0.1, 0.15) is 5.75 Å². The van der Waals surface area contributed by atoms with Gasteiger partial charge in [-0.1, -0.05) is 12.1 Å². The lowest BCUT2D eigenvalue weighted by atomic mass is 10.1. The average molecular weight is 379 g/mol. The van der Waals surface area contributed by atoms with E-state index in [1.54, 1.807) is 36.5 Å². The van der Waals surface area contributed by atoms with Crippen molar-refractivity contribution in [2.45, 2.75) is 6.54 Å². The summed E-state index contributed by atoms with van der Waals surface area (Å²) in [7, 11) is 0. The third kappa shape index (κ3) is 4.07. The standard InChI is InChI=1S/C20H17N3O5/c1-2-11-22-12-10-16-17(20(22)25)4-3-5-18(16)28-13-19(24)21-14-6-8-15(9-7-14)23(26)27/h2-10,12H,1,11,13H2,(H,21,24). The molecule has 0 aliphatic carbocycles. The Morgan fingerprint density at radius 1 is 1.18 bits per heavy atom. The number of benzene rings is 2. The van der Waals surface area contributed by atoms with Gasteiger partial charge in [0.05, 0.1) is 10.3 Å². The van der Waals surface area contributed by atoms with Crippen molar-refractivity contribution in [1.29, 1.82) is 0 Å². The van der Waals surface area contributed by atoms with Crippen LogP contribution in [0.3, 0.4) is 0 Å². The SMILES string of the molecule is C=CCn1ccc2c(OCC(=O)Nc3ccc([N+](=O)[O-])cc3)cccc2c1=O. The fraction of sp³-hybridized carbons (Fsp3) is 0.100. The molecule has 0 spiro atoms. The summed E-state index contributed by atoms with van der Waals surface area (Å²) in [6, 6.07) is 12.3. The largest absolute Gasteiger partial charge is 0.483 e. The number of non-ortho nitro benzene ring substituents is 1. The molecule has 1 heterocycles. The van der Waals surface area contributed by atoms with E-state index in [9.17, 15) is 19.7 Å². The van der Waals surface area contributed by atoms with Gasteiger partial charge in [-0.25, -0.2) is 0 Å². The van der Waals surface area contributed by atoms with Crippen molar-refractivity contribution in [2.75, 3.05) is 11.9 Å². The van der Waals surface area contributed by atoms with E-state index in [1.165, 1.54) is 28.8 Å². The average Bonchev–Trinajstić information content (AvgIpc) is 2.69. The van der Waals surface area contributed by atoms with E-state index in [0.29, 0.717) is 28.8 Å². The zero-order valence-electron chi connectivity index (χ0n) is 14.8. The highest BCUT2D eigenvalue weighted by molar-refractivity contribution is 5.93. The highest BCUT2D eigenvalue weighted by Crippen LogP contribution is 2.23. The number of anilines is 1. The molecule has 28 heavy (non-hydrogen) atoms. The zero-order chi connectivity index (χ0) is 20.1. The summed E-state index contributed by atoms with van der Waals surface area (Å²) < 4.78 is 7.11. The van der Waals surface area contributed by atoms with Crippen LogP contribution in [0.25, 0.3) is 10.8 Å². The van der Waals surface area contributed by atoms with Gasteiger partial charge in [-0.2, -0.15) is 0 Å². The maximum atomic E-state index is 12.5. The number of fused-ring (bicyclic) bond motifs is 1. The maximum absolute atomic E-state index is 12.5. The van der Waals surface area contributed by atoms with Crippen LogP contribution in [-0.4, -0.2) is 22.0 Å². The van der Waals surface area contributed by atoms with Crippen molar-refractivity contribution in [1.82, 2.24) is 4.57 Å². The van der Waals surface area contributed by atoms with Gasteiger partial charge < -0.3 is 14.6 Å². The number of nitrogens with one attached hydrogen (secondary N) is 1. The molecule has 0 saturated carbocycles. The van der Waals surface area contributed by atoms with Crippen molar-refractivity contribution < 1.29 is 14.5 Å². The van der Waals surface area contributed by atoms with Crippen LogP contribution in [0.2, 0.25) is 0 Å². The monoisotopic (exact) mass is 379 g/mol. The molecule has 0 atom stereocenters. The Labute approximate surface area is 159 Å². The minimum absolute atomic E-state index is 0.0629. The molecule has 8 nitrogen and oxygen atoms in total. The minimum atomic E-state index is -0.516. The first-order valence-corrected chi connectivity index (χ1v) is 8.40. The third-order valence-corrected chi connectivity index (χ3v) is 4.02. The summed E-state index contributed by atoms with van der Waals surface area (Å²) in [6.07, 6.45) is 3.28. The van der Waals surface area contributed by atoms with E-state index < -0.39 is 10.8 Å². The number of carbonyl (C=O) groups excluding carboxylic acids is 1. The van der Waals surface area contributed by atoms with E-state index in [0.717, 1.165) is 0 Å². The Kier molecular flexibility index (Phi) is 5.50. The molecule has 0 saturated heterocycles. The van der Waals surface area contributed by atoms with Crippen LogP contribution in [0.15, 0.2) is 72.2 Å². The molecule has 3 rings (SSSR count). The molecule has 142 valence electrons. The van der Waals surface area contributed by atoms with Crippen LogP contribution in [0.4, 0.5) is 11.4 Å². The highest BCUT2D eigenvalue weighted by atomic mass is 16.6. The number of carbonyl (C=O) groups is 1. The van der Waals surface area contributed by atoms with Crippen LogP contribution in [-0.2, 0) is 11.3 Å². The molecule has 1 N–H and O–H groups in total. The summed E-state index contributed by atoms with van der Waals surface area (Å²) in [5, 5.41) is 14.3. The van der Waals surface area contributed by atoms with Crippen molar-refractivity contribution in [3.8, 4) is 5.75 Å². The number of nitro benzene ring substituents is 1. The van der Waals surface area contributed by atoms with Gasteiger partial charge in [0.15, 0.2) is 6.61 Å². The number of pyridine rings is 1. The van der Waals surface area contributed by atoms with E-state index >= 15 is 0 Å². The molecule has 0 radical (unpaired) electrons. The smallest absolute Gasteiger partial charge is 0.269 e. The molecule has 0 bridgehead atoms. The van der Waals surface area contributed by atoms with Crippen LogP contribution in [0.5, 0.6) is 5.75 Å². The second-order valence-electron chi connectivity index (χ2n) is 5.92. The first-order valence-electron chi connectivity index (χ1n) is 8.40. The summed E-state index contributed by atoms with van der Waals surface area (Å²) >= 11 is 0. The lowest BCUT2D eigenvalue weighted by Gasteiger charge is -2.11. The van der Waals surface area contributed by atoms with Gasteiger partial charge in [-0.05, 0) is 30.3 Å². The highest BCUT2D eigenvalue weighted by Gasteiger charge is 2.10. The summed E-state index contributed by atoms with van der Waals surface area (Å²) in [4.78, 5) is 34.7. The molecule has 8 heteroatoms. The molecule has 0 unspecified atom stereocenters. The first kappa shape index (κ1) is 18.8. The number of allylic oxidation sites excluding steroid dienone is 1. The molecule has 1 aromatic heterocycles. The fourth-order valence-corrected chi connectivity index (χ4v) is 2.70. The van der Waals surface area contributed by atoms with Gasteiger partial charge in [-0.15, -0.1) is 6.58 Å². The Bertz CT molecular complexity index is 1100. The predicted octanol–water partition coefficient (Wildman–Crippen LogP) is 3.11. The number of hydrogen-bond acceptors (Lipinski definition) is 5. The topological polar surface area (TPSA) is 103 Å². The van der Waals surface area contributed by atoms with Crippen LogP contribution < -0.4 is 15.6 Å². The maximum Gasteiger partial charge on any atom is 0.269 e. The van der Waals surface area contributed by atoms with Gasteiger partial charge in [0, 0.05) is 35.9 Å². The van der Waals surface area contributed by atoms with Gasteiger partial charge in [0.25, 0.3) is 17.2 Å². The van der Waals surface area contributed by atoms with Crippen molar-refractivity contribution >= 4 is 28.1 Å². The third-order valence-electron chi connectivity index (χ3n) is 4.02. The quantitative estimate of drug-likeness (QED) is 0.386. The number of rotatable bonds is 7. The fourth-order valence-electron chi connectivity index (χ4n) is 2.70. The molecule has 0 fully saturated rings. The number of hydrogen-bond donors (Lipinski definition) is 1. The van der Waals surface area contributed by atoms with Gasteiger partial charge in [-0.3, -0.25) is 19.7 Å². The van der Waals surface area contributed by atoms with E-state index in [2.05, 4.69) is 11.9 Å². The molecule has 0 aliphatic heterocycles. The predicted molar refractivity (Wildman–Crippen MR) is 106 cm³/mol. The number of amides is 1. The van der Waals surface area contributed by atoms with Crippen LogP contribution in [0, 0.1) is 10.1 Å². The molecule has 1 amide bonds. The molecule has 2 aromatic carbocycles. The van der Waals surface area contributed by atoms with Crippen LogP contribution >= 0.6 is 0 Å². The summed E-state index contributed by atoms with van der Waals surface area (Å²) in [5.74, 6) is -0.00921. The van der Waals surface area contributed by atoms with Crippen molar-refractivity contribution in [3.63, 3.8) is 0 Å². The number of ether oxygens (including phenoxy) is 1. The Hall–Kier alpha value is -3.94.